The Hall–Kier alpha value is -0.670. The molecule has 100 valence electrons. The van der Waals surface area contributed by atoms with Crippen molar-refractivity contribution in [3.8, 4) is 0 Å². The molecule has 0 radical (unpaired) electrons. The van der Waals surface area contributed by atoms with Crippen LogP contribution < -0.4 is 10.2 Å². The van der Waals surface area contributed by atoms with Crippen molar-refractivity contribution >= 4 is 34.8 Å². The average molecular weight is 288 g/mol. The summed E-state index contributed by atoms with van der Waals surface area (Å²) in [5, 5.41) is 4.40. The second-order valence-electron chi connectivity index (χ2n) is 4.56. The predicted molar refractivity (Wildman–Crippen MR) is 79.1 cm³/mol. The molecule has 2 heterocycles. The quantitative estimate of drug-likeness (QED) is 0.903. The molecule has 0 amide bonds. The minimum absolute atomic E-state index is 0.584. The molecule has 0 bridgehead atoms. The first kappa shape index (κ1) is 13.8. The van der Waals surface area contributed by atoms with Gasteiger partial charge in [0.1, 0.15) is 11.6 Å². The maximum absolute atomic E-state index is 6.27. The zero-order chi connectivity index (χ0) is 13.0. The van der Waals surface area contributed by atoms with Gasteiger partial charge in [-0.15, -0.1) is 0 Å². The summed E-state index contributed by atoms with van der Waals surface area (Å²) in [5.74, 6) is 1.58. The van der Waals surface area contributed by atoms with Crippen molar-refractivity contribution in [3.63, 3.8) is 0 Å². The van der Waals surface area contributed by atoms with E-state index < -0.39 is 0 Å². The molecule has 1 aliphatic heterocycles. The minimum atomic E-state index is 0.584. The van der Waals surface area contributed by atoms with Crippen molar-refractivity contribution in [1.82, 2.24) is 4.98 Å². The molecule has 0 aromatic carbocycles. The molecule has 5 heteroatoms. The summed E-state index contributed by atoms with van der Waals surface area (Å²) < 4.78 is 0. The van der Waals surface area contributed by atoms with Gasteiger partial charge in [0.25, 0.3) is 0 Å². The van der Waals surface area contributed by atoms with Gasteiger partial charge < -0.3 is 10.2 Å². The Balaban J connectivity index is 2.27. The van der Waals surface area contributed by atoms with Gasteiger partial charge in [-0.2, -0.15) is 0 Å². The Labute approximate surface area is 118 Å². The standard InChI is InChI=1S/C13H19Cl2N3/c1-2-16-12-10(14)9-11(15)13(17-12)18-7-5-3-4-6-8-18/h9H,2-8H2,1H3,(H,16,17). The van der Waals surface area contributed by atoms with Gasteiger partial charge in [0.05, 0.1) is 10.0 Å². The number of anilines is 2. The van der Waals surface area contributed by atoms with Crippen LogP contribution in [-0.4, -0.2) is 24.6 Å². The van der Waals surface area contributed by atoms with Crippen LogP contribution in [0.4, 0.5) is 11.6 Å². The third kappa shape index (κ3) is 3.21. The number of halogens is 2. The van der Waals surface area contributed by atoms with E-state index in [2.05, 4.69) is 15.2 Å². The lowest BCUT2D eigenvalue weighted by atomic mass is 10.2. The lowest BCUT2D eigenvalue weighted by Crippen LogP contribution is -2.25. The molecule has 0 saturated carbocycles. The van der Waals surface area contributed by atoms with Crippen LogP contribution in [0, 0.1) is 0 Å². The summed E-state index contributed by atoms with van der Waals surface area (Å²) in [7, 11) is 0. The second-order valence-corrected chi connectivity index (χ2v) is 5.37. The van der Waals surface area contributed by atoms with Crippen LogP contribution in [0.3, 0.4) is 0 Å². The van der Waals surface area contributed by atoms with Crippen molar-refractivity contribution in [2.75, 3.05) is 29.9 Å². The Morgan fingerprint density at radius 1 is 1.17 bits per heavy atom. The molecule has 1 aliphatic rings. The Morgan fingerprint density at radius 2 is 1.83 bits per heavy atom. The first-order valence-corrected chi connectivity index (χ1v) is 7.33. The Kier molecular flexibility index (Phi) is 4.95. The first-order valence-electron chi connectivity index (χ1n) is 6.57. The summed E-state index contributed by atoms with van der Waals surface area (Å²) in [6, 6.07) is 1.79. The number of rotatable bonds is 3. The van der Waals surface area contributed by atoms with Gasteiger partial charge in [0, 0.05) is 19.6 Å². The van der Waals surface area contributed by atoms with Crippen molar-refractivity contribution in [2.24, 2.45) is 0 Å². The van der Waals surface area contributed by atoms with E-state index in [1.807, 2.05) is 6.92 Å². The Bertz CT molecular complexity index is 401. The van der Waals surface area contributed by atoms with E-state index in [1.165, 1.54) is 25.7 Å². The van der Waals surface area contributed by atoms with Crippen LogP contribution in [0.15, 0.2) is 6.07 Å². The number of hydrogen-bond donors (Lipinski definition) is 1. The minimum Gasteiger partial charge on any atom is -0.369 e. The van der Waals surface area contributed by atoms with E-state index in [4.69, 9.17) is 23.2 Å². The van der Waals surface area contributed by atoms with Crippen LogP contribution in [-0.2, 0) is 0 Å². The molecule has 1 aromatic rings. The molecule has 1 saturated heterocycles. The highest BCUT2D eigenvalue weighted by molar-refractivity contribution is 6.37. The van der Waals surface area contributed by atoms with Gasteiger partial charge >= 0.3 is 0 Å². The molecule has 18 heavy (non-hydrogen) atoms. The molecular formula is C13H19Cl2N3. The molecule has 3 nitrogen and oxygen atoms in total. The normalized spacial score (nSPS) is 16.5. The summed E-state index contributed by atoms with van der Waals surface area (Å²) in [5.41, 5.74) is 0. The number of nitrogens with zero attached hydrogens (tertiary/aromatic N) is 2. The van der Waals surface area contributed by atoms with Crippen LogP contribution in [0.5, 0.6) is 0 Å². The van der Waals surface area contributed by atoms with E-state index >= 15 is 0 Å². The maximum Gasteiger partial charge on any atom is 0.149 e. The van der Waals surface area contributed by atoms with Gasteiger partial charge in [-0.3, -0.25) is 0 Å². The fourth-order valence-electron chi connectivity index (χ4n) is 2.25. The van der Waals surface area contributed by atoms with Gasteiger partial charge in [-0.1, -0.05) is 36.0 Å². The van der Waals surface area contributed by atoms with E-state index in [0.717, 1.165) is 31.3 Å². The number of pyridine rings is 1. The smallest absolute Gasteiger partial charge is 0.149 e. The van der Waals surface area contributed by atoms with Crippen molar-refractivity contribution in [2.45, 2.75) is 32.6 Å². The fraction of sp³-hybridized carbons (Fsp3) is 0.615. The molecule has 0 unspecified atom stereocenters. The molecule has 1 aromatic heterocycles. The average Bonchev–Trinajstić information content (AvgIpc) is 2.61. The molecule has 0 atom stereocenters. The number of nitrogens with one attached hydrogen (secondary N) is 1. The van der Waals surface area contributed by atoms with E-state index in [1.54, 1.807) is 6.07 Å². The van der Waals surface area contributed by atoms with Crippen LogP contribution in [0.2, 0.25) is 10.0 Å². The third-order valence-electron chi connectivity index (χ3n) is 3.16. The van der Waals surface area contributed by atoms with Gasteiger partial charge in [0.2, 0.25) is 0 Å². The van der Waals surface area contributed by atoms with Gasteiger partial charge in [-0.05, 0) is 25.8 Å². The van der Waals surface area contributed by atoms with Crippen molar-refractivity contribution < 1.29 is 0 Å². The lowest BCUT2D eigenvalue weighted by molar-refractivity contribution is 0.726. The number of hydrogen-bond acceptors (Lipinski definition) is 3. The summed E-state index contributed by atoms with van der Waals surface area (Å²) in [6.07, 6.45) is 5.00. The molecule has 1 N–H and O–H groups in total. The summed E-state index contributed by atoms with van der Waals surface area (Å²) in [6.45, 7) is 4.88. The topological polar surface area (TPSA) is 28.2 Å². The zero-order valence-corrected chi connectivity index (χ0v) is 12.2. The molecular weight excluding hydrogens is 269 g/mol. The molecule has 2 rings (SSSR count). The second kappa shape index (κ2) is 6.48. The van der Waals surface area contributed by atoms with Crippen LogP contribution >= 0.6 is 23.2 Å². The van der Waals surface area contributed by atoms with E-state index in [9.17, 15) is 0 Å². The highest BCUT2D eigenvalue weighted by atomic mass is 35.5. The van der Waals surface area contributed by atoms with Gasteiger partial charge in [0.15, 0.2) is 0 Å². The SMILES string of the molecule is CCNc1nc(N2CCCCCC2)c(Cl)cc1Cl. The fourth-order valence-corrected chi connectivity index (χ4v) is 2.80. The molecule has 1 fully saturated rings. The van der Waals surface area contributed by atoms with Gasteiger partial charge in [-0.25, -0.2) is 4.98 Å². The highest BCUT2D eigenvalue weighted by Gasteiger charge is 2.16. The van der Waals surface area contributed by atoms with Crippen molar-refractivity contribution in [3.05, 3.63) is 16.1 Å². The first-order chi connectivity index (χ1) is 8.72. The molecule has 0 aliphatic carbocycles. The van der Waals surface area contributed by atoms with Crippen LogP contribution in [0.1, 0.15) is 32.6 Å². The summed E-state index contributed by atoms with van der Waals surface area (Å²) in [4.78, 5) is 6.85. The zero-order valence-electron chi connectivity index (χ0n) is 10.7. The van der Waals surface area contributed by atoms with E-state index in [0.29, 0.717) is 10.0 Å². The highest BCUT2D eigenvalue weighted by Crippen LogP contribution is 2.32. The summed E-state index contributed by atoms with van der Waals surface area (Å²) >= 11 is 12.4. The Morgan fingerprint density at radius 3 is 2.44 bits per heavy atom. The largest absolute Gasteiger partial charge is 0.369 e. The maximum atomic E-state index is 6.27. The number of aromatic nitrogens is 1. The monoisotopic (exact) mass is 287 g/mol. The van der Waals surface area contributed by atoms with E-state index in [-0.39, 0.29) is 0 Å². The van der Waals surface area contributed by atoms with Crippen LogP contribution in [0.25, 0.3) is 0 Å². The molecule has 0 spiro atoms. The predicted octanol–water partition coefficient (Wildman–Crippen LogP) is 4.20. The van der Waals surface area contributed by atoms with Crippen molar-refractivity contribution in [1.29, 1.82) is 0 Å². The third-order valence-corrected chi connectivity index (χ3v) is 3.73. The lowest BCUT2D eigenvalue weighted by Gasteiger charge is -2.23.